The predicted molar refractivity (Wildman–Crippen MR) is 96.7 cm³/mol. The summed E-state index contributed by atoms with van der Waals surface area (Å²) in [7, 11) is 0. The number of carbonyl (C=O) groups excluding carboxylic acids is 1. The Labute approximate surface area is 158 Å². The predicted octanol–water partition coefficient (Wildman–Crippen LogP) is 4.05. The molecule has 0 spiro atoms. The number of ether oxygens (including phenoxy) is 1. The third-order valence-electron chi connectivity index (χ3n) is 3.40. The summed E-state index contributed by atoms with van der Waals surface area (Å²) >= 11 is 5.83. The van der Waals surface area contributed by atoms with Gasteiger partial charge in [-0.25, -0.2) is 4.79 Å². The number of rotatable bonds is 6. The van der Waals surface area contributed by atoms with Crippen molar-refractivity contribution in [3.8, 4) is 11.4 Å². The number of aromatic nitrogens is 2. The SMILES string of the molecule is O=C(/C=C/c1cccc([N+](=O)[O-])c1)OCc1nc(-c2ccc(Cl)cc2)no1. The van der Waals surface area contributed by atoms with Gasteiger partial charge in [0.15, 0.2) is 6.61 Å². The van der Waals surface area contributed by atoms with Crippen LogP contribution in [0.5, 0.6) is 0 Å². The number of benzene rings is 2. The number of non-ortho nitro benzene ring substituents is 1. The summed E-state index contributed by atoms with van der Waals surface area (Å²) in [5.41, 5.74) is 1.15. The molecular weight excluding hydrogens is 374 g/mol. The Bertz CT molecular complexity index is 998. The van der Waals surface area contributed by atoms with Gasteiger partial charge < -0.3 is 9.26 Å². The number of nitro groups is 1. The number of hydrogen-bond donors (Lipinski definition) is 0. The largest absolute Gasteiger partial charge is 0.452 e. The summed E-state index contributed by atoms with van der Waals surface area (Å²) < 4.78 is 10.1. The van der Waals surface area contributed by atoms with E-state index < -0.39 is 10.9 Å². The van der Waals surface area contributed by atoms with Crippen LogP contribution in [0.2, 0.25) is 5.02 Å². The van der Waals surface area contributed by atoms with Gasteiger partial charge in [-0.05, 0) is 35.9 Å². The molecule has 0 atom stereocenters. The minimum absolute atomic E-state index is 0.0638. The molecule has 0 bridgehead atoms. The minimum Gasteiger partial charge on any atom is -0.452 e. The van der Waals surface area contributed by atoms with Crippen LogP contribution in [0, 0.1) is 10.1 Å². The number of halogens is 1. The molecule has 27 heavy (non-hydrogen) atoms. The summed E-state index contributed by atoms with van der Waals surface area (Å²) in [6.45, 7) is -0.196. The van der Waals surface area contributed by atoms with E-state index in [4.69, 9.17) is 20.9 Å². The molecule has 0 saturated heterocycles. The standard InChI is InChI=1S/C18H12ClN3O5/c19-14-7-5-13(6-8-14)18-20-16(27-21-18)11-26-17(23)9-4-12-2-1-3-15(10-12)22(24)25/h1-10H,11H2/b9-4+. The lowest BCUT2D eigenvalue weighted by atomic mass is 10.2. The van der Waals surface area contributed by atoms with Gasteiger partial charge in [0.05, 0.1) is 4.92 Å². The molecule has 0 aliphatic rings. The van der Waals surface area contributed by atoms with Crippen LogP contribution in [0.1, 0.15) is 11.5 Å². The second-order valence-electron chi connectivity index (χ2n) is 5.31. The van der Waals surface area contributed by atoms with Gasteiger partial charge in [-0.2, -0.15) is 4.98 Å². The maximum atomic E-state index is 11.8. The van der Waals surface area contributed by atoms with Gasteiger partial charge in [0.25, 0.3) is 11.6 Å². The second kappa shape index (κ2) is 8.24. The Hall–Kier alpha value is -3.52. The molecule has 2 aromatic carbocycles. The second-order valence-corrected chi connectivity index (χ2v) is 5.75. The van der Waals surface area contributed by atoms with Crippen LogP contribution in [0.15, 0.2) is 59.1 Å². The maximum absolute atomic E-state index is 11.8. The summed E-state index contributed by atoms with van der Waals surface area (Å²) in [5, 5.41) is 15.1. The van der Waals surface area contributed by atoms with Gasteiger partial charge in [0, 0.05) is 28.8 Å². The van der Waals surface area contributed by atoms with Crippen LogP contribution < -0.4 is 0 Å². The van der Waals surface area contributed by atoms with Crippen molar-refractivity contribution < 1.29 is 19.0 Å². The fourth-order valence-electron chi connectivity index (χ4n) is 2.12. The summed E-state index contributed by atoms with van der Waals surface area (Å²) in [6.07, 6.45) is 2.58. The Morgan fingerprint density at radius 1 is 1.26 bits per heavy atom. The Morgan fingerprint density at radius 3 is 2.78 bits per heavy atom. The lowest BCUT2D eigenvalue weighted by molar-refractivity contribution is -0.384. The van der Waals surface area contributed by atoms with Crippen molar-refractivity contribution in [1.82, 2.24) is 10.1 Å². The highest BCUT2D eigenvalue weighted by Crippen LogP contribution is 2.19. The lowest BCUT2D eigenvalue weighted by Gasteiger charge is -1.97. The van der Waals surface area contributed by atoms with Gasteiger partial charge in [0.1, 0.15) is 0 Å². The highest BCUT2D eigenvalue weighted by Gasteiger charge is 2.10. The average molecular weight is 386 g/mol. The van der Waals surface area contributed by atoms with Gasteiger partial charge in [-0.1, -0.05) is 28.9 Å². The number of hydrogen-bond acceptors (Lipinski definition) is 7. The van der Waals surface area contributed by atoms with Gasteiger partial charge >= 0.3 is 5.97 Å². The van der Waals surface area contributed by atoms with E-state index in [9.17, 15) is 14.9 Å². The van der Waals surface area contributed by atoms with Gasteiger partial charge in [-0.3, -0.25) is 10.1 Å². The van der Waals surface area contributed by atoms with Crippen LogP contribution in [0.4, 0.5) is 5.69 Å². The third-order valence-corrected chi connectivity index (χ3v) is 3.65. The summed E-state index contributed by atoms with van der Waals surface area (Å²) in [4.78, 5) is 26.1. The van der Waals surface area contributed by atoms with E-state index in [2.05, 4.69) is 10.1 Å². The molecule has 3 aromatic rings. The molecule has 9 heteroatoms. The van der Waals surface area contributed by atoms with E-state index in [1.54, 1.807) is 30.3 Å². The molecule has 0 radical (unpaired) electrons. The van der Waals surface area contributed by atoms with E-state index in [1.165, 1.54) is 24.3 Å². The van der Waals surface area contributed by atoms with E-state index in [1.807, 2.05) is 0 Å². The zero-order chi connectivity index (χ0) is 19.2. The summed E-state index contributed by atoms with van der Waals surface area (Å²) in [6, 6.07) is 12.8. The smallest absolute Gasteiger partial charge is 0.331 e. The summed E-state index contributed by atoms with van der Waals surface area (Å²) in [5.74, 6) is -0.158. The first-order valence-corrected chi connectivity index (χ1v) is 8.07. The fourth-order valence-corrected chi connectivity index (χ4v) is 2.24. The molecule has 3 rings (SSSR count). The number of nitro benzene ring substituents is 1. The lowest BCUT2D eigenvalue weighted by Crippen LogP contribution is -2.01. The minimum atomic E-state index is -0.646. The molecule has 0 aliphatic carbocycles. The number of carbonyl (C=O) groups is 1. The Kier molecular flexibility index (Phi) is 5.58. The van der Waals surface area contributed by atoms with E-state index in [0.717, 1.165) is 6.08 Å². The van der Waals surface area contributed by atoms with Crippen molar-refractivity contribution in [2.45, 2.75) is 6.61 Å². The molecule has 136 valence electrons. The number of nitrogens with zero attached hydrogens (tertiary/aromatic N) is 3. The van der Waals surface area contributed by atoms with Crippen molar-refractivity contribution in [1.29, 1.82) is 0 Å². The molecule has 0 fully saturated rings. The zero-order valence-corrected chi connectivity index (χ0v) is 14.5. The van der Waals surface area contributed by atoms with Crippen molar-refractivity contribution in [3.05, 3.63) is 81.2 Å². The quantitative estimate of drug-likeness (QED) is 0.272. The van der Waals surface area contributed by atoms with E-state index >= 15 is 0 Å². The molecule has 0 unspecified atom stereocenters. The van der Waals surface area contributed by atoms with Crippen LogP contribution in [-0.4, -0.2) is 21.0 Å². The third kappa shape index (κ3) is 4.99. The molecule has 1 heterocycles. The molecule has 1 aromatic heterocycles. The van der Waals surface area contributed by atoms with Crippen molar-refractivity contribution in [3.63, 3.8) is 0 Å². The van der Waals surface area contributed by atoms with E-state index in [0.29, 0.717) is 22.0 Å². The highest BCUT2D eigenvalue weighted by atomic mass is 35.5. The van der Waals surface area contributed by atoms with Crippen molar-refractivity contribution in [2.75, 3.05) is 0 Å². The zero-order valence-electron chi connectivity index (χ0n) is 13.7. The fraction of sp³-hybridized carbons (Fsp3) is 0.0556. The molecule has 0 N–H and O–H groups in total. The van der Waals surface area contributed by atoms with Gasteiger partial charge in [0.2, 0.25) is 5.82 Å². The molecule has 0 aliphatic heterocycles. The van der Waals surface area contributed by atoms with Crippen molar-refractivity contribution >= 4 is 29.3 Å². The first kappa shape index (κ1) is 18.3. The molecule has 8 nitrogen and oxygen atoms in total. The highest BCUT2D eigenvalue weighted by molar-refractivity contribution is 6.30. The topological polar surface area (TPSA) is 108 Å². The van der Waals surface area contributed by atoms with Crippen LogP contribution in [-0.2, 0) is 16.1 Å². The van der Waals surface area contributed by atoms with Gasteiger partial charge in [-0.15, -0.1) is 0 Å². The Balaban J connectivity index is 1.57. The molecular formula is C18H12ClN3O5. The monoisotopic (exact) mass is 385 g/mol. The van der Waals surface area contributed by atoms with E-state index in [-0.39, 0.29) is 18.2 Å². The first-order chi connectivity index (χ1) is 13.0. The maximum Gasteiger partial charge on any atom is 0.331 e. The Morgan fingerprint density at radius 2 is 2.04 bits per heavy atom. The molecule has 0 amide bonds. The number of esters is 1. The average Bonchev–Trinajstić information content (AvgIpc) is 3.14. The van der Waals surface area contributed by atoms with Crippen LogP contribution >= 0.6 is 11.6 Å². The van der Waals surface area contributed by atoms with Crippen LogP contribution in [0.3, 0.4) is 0 Å². The first-order valence-electron chi connectivity index (χ1n) is 7.69. The van der Waals surface area contributed by atoms with Crippen LogP contribution in [0.25, 0.3) is 17.5 Å². The normalized spacial score (nSPS) is 10.9. The van der Waals surface area contributed by atoms with Crippen molar-refractivity contribution in [2.24, 2.45) is 0 Å². The molecule has 0 saturated carbocycles.